The first-order valence-corrected chi connectivity index (χ1v) is 9.74. The average Bonchev–Trinajstić information content (AvgIpc) is 2.71. The number of aryl methyl sites for hydroxylation is 1. The molecule has 0 aliphatic rings. The molecule has 0 bridgehead atoms. The maximum Gasteiger partial charge on any atom is 0.325 e. The molecule has 0 spiro atoms. The van der Waals surface area contributed by atoms with Crippen LogP contribution < -0.4 is 16.2 Å². The molecule has 0 fully saturated rings. The van der Waals surface area contributed by atoms with Gasteiger partial charge in [-0.2, -0.15) is 0 Å². The second-order valence-electron chi connectivity index (χ2n) is 7.08. The van der Waals surface area contributed by atoms with E-state index in [1.165, 1.54) is 0 Å². The molecule has 0 unspecified atom stereocenters. The fourth-order valence-electron chi connectivity index (χ4n) is 3.11. The number of nitrogens with one attached hydrogen (secondary N) is 3. The number of nitrogens with zero attached hydrogens (tertiary/aromatic N) is 2. The third kappa shape index (κ3) is 5.09. The van der Waals surface area contributed by atoms with Gasteiger partial charge in [0, 0.05) is 5.69 Å². The highest BCUT2D eigenvalue weighted by Gasteiger charge is 2.15. The normalized spacial score (nSPS) is 10.9. The number of hydrogen-bond acceptors (Lipinski definition) is 5. The summed E-state index contributed by atoms with van der Waals surface area (Å²) in [5.41, 5.74) is 3.04. The number of anilines is 1. The number of aromatic nitrogens is 2. The number of benzene rings is 2. The van der Waals surface area contributed by atoms with E-state index >= 15 is 0 Å². The van der Waals surface area contributed by atoms with E-state index < -0.39 is 11.9 Å². The minimum Gasteiger partial charge on any atom is -0.309 e. The lowest BCUT2D eigenvalue weighted by molar-refractivity contribution is -0.121. The van der Waals surface area contributed by atoms with Crippen molar-refractivity contribution in [2.24, 2.45) is 0 Å². The maximum absolute atomic E-state index is 12.3. The van der Waals surface area contributed by atoms with Crippen molar-refractivity contribution in [3.05, 3.63) is 69.8 Å². The summed E-state index contributed by atoms with van der Waals surface area (Å²) >= 11 is 0. The van der Waals surface area contributed by atoms with Gasteiger partial charge in [-0.3, -0.25) is 19.8 Å². The first-order chi connectivity index (χ1) is 14.4. The molecular formula is C22H25N5O3. The molecule has 8 nitrogen and oxygen atoms in total. The lowest BCUT2D eigenvalue weighted by Crippen LogP contribution is -2.42. The Morgan fingerprint density at radius 3 is 2.63 bits per heavy atom. The number of aromatic amines is 1. The lowest BCUT2D eigenvalue weighted by atomic mass is 10.1. The van der Waals surface area contributed by atoms with Gasteiger partial charge in [-0.25, -0.2) is 9.78 Å². The summed E-state index contributed by atoms with van der Waals surface area (Å²) in [6.07, 6.45) is 0. The molecule has 8 heteroatoms. The minimum atomic E-state index is -0.581. The molecule has 156 valence electrons. The average molecular weight is 407 g/mol. The predicted molar refractivity (Wildman–Crippen MR) is 116 cm³/mol. The Morgan fingerprint density at radius 1 is 1.10 bits per heavy atom. The van der Waals surface area contributed by atoms with E-state index in [1.807, 2.05) is 39.0 Å². The molecule has 30 heavy (non-hydrogen) atoms. The van der Waals surface area contributed by atoms with Crippen LogP contribution in [-0.4, -0.2) is 39.9 Å². The van der Waals surface area contributed by atoms with Crippen LogP contribution in [0.5, 0.6) is 0 Å². The van der Waals surface area contributed by atoms with Crippen molar-refractivity contribution in [2.45, 2.75) is 27.3 Å². The summed E-state index contributed by atoms with van der Waals surface area (Å²) in [5.74, 6) is 0.0241. The predicted octanol–water partition coefficient (Wildman–Crippen LogP) is 2.71. The standard InChI is InChI=1S/C22H25N5O3/c1-4-27(12-19-23-18-10-6-5-9-16(18)21(29)25-19)13-20(28)26-22(30)24-17-11-7-8-14(2)15(17)3/h5-11H,4,12-13H2,1-3H3,(H,23,25,29)(H2,24,26,28,30). The number of carbonyl (C=O) groups is 2. The van der Waals surface area contributed by atoms with Gasteiger partial charge in [-0.15, -0.1) is 0 Å². The van der Waals surface area contributed by atoms with Gasteiger partial charge in [-0.05, 0) is 49.7 Å². The molecule has 2 aromatic carbocycles. The molecule has 3 aromatic rings. The summed E-state index contributed by atoms with van der Waals surface area (Å²) in [6.45, 7) is 6.57. The van der Waals surface area contributed by atoms with Gasteiger partial charge in [0.15, 0.2) is 0 Å². The van der Waals surface area contributed by atoms with Gasteiger partial charge < -0.3 is 10.3 Å². The molecule has 0 atom stereocenters. The first-order valence-electron chi connectivity index (χ1n) is 9.74. The van der Waals surface area contributed by atoms with Crippen LogP contribution in [-0.2, 0) is 11.3 Å². The van der Waals surface area contributed by atoms with Crippen LogP contribution in [0.2, 0.25) is 0 Å². The first kappa shape index (κ1) is 21.2. The number of hydrogen-bond donors (Lipinski definition) is 3. The smallest absolute Gasteiger partial charge is 0.309 e. The maximum atomic E-state index is 12.3. The number of carbonyl (C=O) groups excluding carboxylic acids is 2. The second-order valence-corrected chi connectivity index (χ2v) is 7.08. The topological polar surface area (TPSA) is 107 Å². The zero-order valence-electron chi connectivity index (χ0n) is 17.3. The Morgan fingerprint density at radius 2 is 1.87 bits per heavy atom. The fourth-order valence-corrected chi connectivity index (χ4v) is 3.11. The van der Waals surface area contributed by atoms with Crippen LogP contribution in [0.4, 0.5) is 10.5 Å². The molecular weight excluding hydrogens is 382 g/mol. The van der Waals surface area contributed by atoms with E-state index in [9.17, 15) is 14.4 Å². The Balaban J connectivity index is 1.61. The monoisotopic (exact) mass is 407 g/mol. The van der Waals surface area contributed by atoms with Crippen LogP contribution in [0.3, 0.4) is 0 Å². The third-order valence-electron chi connectivity index (χ3n) is 4.96. The van der Waals surface area contributed by atoms with E-state index in [4.69, 9.17) is 0 Å². The van der Waals surface area contributed by atoms with Crippen LogP contribution in [0.15, 0.2) is 47.3 Å². The van der Waals surface area contributed by atoms with Gasteiger partial charge in [0.2, 0.25) is 5.91 Å². The molecule has 0 saturated heterocycles. The Hall–Kier alpha value is -3.52. The number of para-hydroxylation sites is 1. The lowest BCUT2D eigenvalue weighted by Gasteiger charge is -2.19. The van der Waals surface area contributed by atoms with E-state index in [-0.39, 0.29) is 18.6 Å². The van der Waals surface area contributed by atoms with Crippen LogP contribution >= 0.6 is 0 Å². The van der Waals surface area contributed by atoms with Gasteiger partial charge in [0.25, 0.3) is 5.56 Å². The molecule has 1 aromatic heterocycles. The summed E-state index contributed by atoms with van der Waals surface area (Å²) in [5, 5.41) is 5.56. The zero-order chi connectivity index (χ0) is 21.7. The number of likely N-dealkylation sites (N-methyl/N-ethyl adjacent to an activating group) is 1. The summed E-state index contributed by atoms with van der Waals surface area (Å²) in [6, 6.07) is 12.1. The number of H-pyrrole nitrogens is 1. The number of imide groups is 1. The van der Waals surface area contributed by atoms with E-state index in [0.717, 1.165) is 11.1 Å². The molecule has 3 rings (SSSR count). The second kappa shape index (κ2) is 9.32. The molecule has 0 aliphatic heterocycles. The van der Waals surface area contributed by atoms with Gasteiger partial charge >= 0.3 is 6.03 Å². The van der Waals surface area contributed by atoms with Crippen molar-refractivity contribution in [1.29, 1.82) is 0 Å². The number of rotatable bonds is 6. The quantitative estimate of drug-likeness (QED) is 0.582. The molecule has 0 aliphatic carbocycles. The Bertz CT molecular complexity index is 1140. The van der Waals surface area contributed by atoms with Crippen molar-refractivity contribution in [3.63, 3.8) is 0 Å². The highest BCUT2D eigenvalue weighted by molar-refractivity contribution is 6.02. The summed E-state index contributed by atoms with van der Waals surface area (Å²) in [4.78, 5) is 45.7. The molecule has 3 N–H and O–H groups in total. The molecule has 0 radical (unpaired) electrons. The highest BCUT2D eigenvalue weighted by Crippen LogP contribution is 2.17. The molecule has 1 heterocycles. The Labute approximate surface area is 174 Å². The van der Waals surface area contributed by atoms with Crippen molar-refractivity contribution >= 4 is 28.5 Å². The minimum absolute atomic E-state index is 0.00669. The van der Waals surface area contributed by atoms with E-state index in [1.54, 1.807) is 29.2 Å². The number of amides is 3. The van der Waals surface area contributed by atoms with Gasteiger partial charge in [0.05, 0.1) is 24.0 Å². The summed E-state index contributed by atoms with van der Waals surface area (Å²) in [7, 11) is 0. The van der Waals surface area contributed by atoms with E-state index in [0.29, 0.717) is 29.0 Å². The van der Waals surface area contributed by atoms with Crippen molar-refractivity contribution in [3.8, 4) is 0 Å². The van der Waals surface area contributed by atoms with Crippen molar-refractivity contribution in [1.82, 2.24) is 20.2 Å². The summed E-state index contributed by atoms with van der Waals surface area (Å²) < 4.78 is 0. The zero-order valence-corrected chi connectivity index (χ0v) is 17.3. The molecule has 3 amide bonds. The van der Waals surface area contributed by atoms with Crippen LogP contribution in [0.1, 0.15) is 23.9 Å². The van der Waals surface area contributed by atoms with E-state index in [2.05, 4.69) is 20.6 Å². The third-order valence-corrected chi connectivity index (χ3v) is 4.96. The SMILES string of the molecule is CCN(CC(=O)NC(=O)Nc1cccc(C)c1C)Cc1nc2ccccc2c(=O)[nH]1. The van der Waals surface area contributed by atoms with Crippen LogP contribution in [0.25, 0.3) is 10.9 Å². The number of fused-ring (bicyclic) bond motifs is 1. The van der Waals surface area contributed by atoms with Crippen LogP contribution in [0, 0.1) is 13.8 Å². The molecule has 0 saturated carbocycles. The Kier molecular flexibility index (Phi) is 6.58. The van der Waals surface area contributed by atoms with Gasteiger partial charge in [0.1, 0.15) is 5.82 Å². The van der Waals surface area contributed by atoms with Crippen molar-refractivity contribution in [2.75, 3.05) is 18.4 Å². The largest absolute Gasteiger partial charge is 0.325 e. The number of urea groups is 1. The fraction of sp³-hybridized carbons (Fsp3) is 0.273. The van der Waals surface area contributed by atoms with Crippen molar-refractivity contribution < 1.29 is 9.59 Å². The van der Waals surface area contributed by atoms with Gasteiger partial charge in [-0.1, -0.05) is 31.2 Å². The highest BCUT2D eigenvalue weighted by atomic mass is 16.2.